The quantitative estimate of drug-likeness (QED) is 0.741. The van der Waals surface area contributed by atoms with E-state index in [9.17, 15) is 19.5 Å². The van der Waals surface area contributed by atoms with Gasteiger partial charge in [-0.25, -0.2) is 0 Å². The number of amides is 2. The van der Waals surface area contributed by atoms with Crippen LogP contribution in [0.3, 0.4) is 0 Å². The lowest BCUT2D eigenvalue weighted by atomic mass is 9.94. The molecule has 8 heteroatoms. The lowest BCUT2D eigenvalue weighted by Gasteiger charge is -2.32. The molecule has 1 aromatic rings. The van der Waals surface area contributed by atoms with E-state index in [0.29, 0.717) is 13.1 Å². The molecule has 24 heavy (non-hydrogen) atoms. The zero-order valence-electron chi connectivity index (χ0n) is 13.8. The van der Waals surface area contributed by atoms with Gasteiger partial charge in [-0.05, 0) is 24.3 Å². The van der Waals surface area contributed by atoms with Gasteiger partial charge in [-0.1, -0.05) is 13.8 Å². The number of H-pyrrole nitrogens is 1. The van der Waals surface area contributed by atoms with Crippen molar-refractivity contribution in [3.05, 3.63) is 17.5 Å². The van der Waals surface area contributed by atoms with Gasteiger partial charge in [0.25, 0.3) is 5.91 Å². The molecule has 4 N–H and O–H groups in total. The number of aromatic nitrogens is 2. The Hall–Kier alpha value is -2.38. The van der Waals surface area contributed by atoms with Gasteiger partial charge in [0.1, 0.15) is 5.69 Å². The molecule has 130 valence electrons. The number of aliphatic carboxylic acids is 1. The van der Waals surface area contributed by atoms with E-state index in [2.05, 4.69) is 10.2 Å². The number of nitrogens with zero attached hydrogens (tertiary/aromatic N) is 2. The van der Waals surface area contributed by atoms with Crippen LogP contribution in [0.15, 0.2) is 6.07 Å². The third-order valence-corrected chi connectivity index (χ3v) is 5.38. The van der Waals surface area contributed by atoms with Crippen molar-refractivity contribution >= 4 is 17.8 Å². The van der Waals surface area contributed by atoms with E-state index in [1.54, 1.807) is 11.0 Å². The van der Waals surface area contributed by atoms with Crippen molar-refractivity contribution < 1.29 is 19.5 Å². The highest BCUT2D eigenvalue weighted by Crippen LogP contribution is 2.59. The second kappa shape index (κ2) is 5.61. The minimum absolute atomic E-state index is 0.0495. The first-order valence-corrected chi connectivity index (χ1v) is 8.10. The fourth-order valence-corrected chi connectivity index (χ4v) is 3.86. The highest BCUT2D eigenvalue weighted by molar-refractivity contribution is 5.92. The molecule has 2 fully saturated rings. The predicted octanol–water partition coefficient (Wildman–Crippen LogP) is 0.571. The summed E-state index contributed by atoms with van der Waals surface area (Å²) >= 11 is 0. The van der Waals surface area contributed by atoms with Gasteiger partial charge in [-0.2, -0.15) is 5.10 Å². The summed E-state index contributed by atoms with van der Waals surface area (Å²) in [5, 5.41) is 16.0. The summed E-state index contributed by atoms with van der Waals surface area (Å²) in [6.07, 6.45) is 1.70. The van der Waals surface area contributed by atoms with Gasteiger partial charge in [-0.15, -0.1) is 0 Å². The molecule has 2 heterocycles. The van der Waals surface area contributed by atoms with E-state index in [1.165, 1.54) is 0 Å². The predicted molar refractivity (Wildman–Crippen MR) is 84.1 cm³/mol. The van der Waals surface area contributed by atoms with Crippen LogP contribution in [0.5, 0.6) is 0 Å². The normalized spacial score (nSPS) is 28.4. The highest BCUT2D eigenvalue weighted by Gasteiger charge is 2.66. The van der Waals surface area contributed by atoms with Gasteiger partial charge in [-0.3, -0.25) is 19.5 Å². The van der Waals surface area contributed by atoms with Gasteiger partial charge in [0.05, 0.1) is 11.8 Å². The van der Waals surface area contributed by atoms with Crippen LogP contribution < -0.4 is 5.73 Å². The number of carbonyl (C=O) groups is 3. The lowest BCUT2D eigenvalue weighted by Crippen LogP contribution is -2.41. The summed E-state index contributed by atoms with van der Waals surface area (Å²) < 4.78 is 0. The highest BCUT2D eigenvalue weighted by atomic mass is 16.4. The molecule has 1 saturated heterocycles. The fraction of sp³-hybridized carbons (Fsp3) is 0.625. The van der Waals surface area contributed by atoms with Crippen LogP contribution in [0.2, 0.25) is 0 Å². The number of carboxylic acids is 1. The molecule has 8 nitrogen and oxygen atoms in total. The smallest absolute Gasteiger partial charge is 0.307 e. The Morgan fingerprint density at radius 2 is 2.08 bits per heavy atom. The average molecular weight is 334 g/mol. The average Bonchev–Trinajstić information content (AvgIpc) is 2.88. The maximum absolute atomic E-state index is 12.7. The molecule has 2 aliphatic rings. The Labute approximate surface area is 139 Å². The zero-order valence-corrected chi connectivity index (χ0v) is 13.8. The van der Waals surface area contributed by atoms with Crippen LogP contribution >= 0.6 is 0 Å². The van der Waals surface area contributed by atoms with Gasteiger partial charge in [0.2, 0.25) is 5.91 Å². The third kappa shape index (κ3) is 2.65. The molecular weight excluding hydrogens is 312 g/mol. The summed E-state index contributed by atoms with van der Waals surface area (Å²) in [5.74, 6) is -2.62. The first-order chi connectivity index (χ1) is 11.2. The van der Waals surface area contributed by atoms with Crippen LogP contribution in [-0.4, -0.2) is 51.1 Å². The van der Waals surface area contributed by atoms with E-state index < -0.39 is 29.1 Å². The Morgan fingerprint density at radius 3 is 2.62 bits per heavy atom. The first-order valence-electron chi connectivity index (χ1n) is 8.10. The number of carbonyl (C=O) groups excluding carboxylic acids is 2. The molecule has 1 aliphatic heterocycles. The van der Waals surface area contributed by atoms with Crippen LogP contribution in [0, 0.1) is 17.3 Å². The molecule has 1 saturated carbocycles. The maximum Gasteiger partial charge on any atom is 0.307 e. The number of primary amides is 1. The van der Waals surface area contributed by atoms with Crippen molar-refractivity contribution in [2.75, 3.05) is 13.1 Å². The van der Waals surface area contributed by atoms with Crippen molar-refractivity contribution in [1.82, 2.24) is 15.1 Å². The number of rotatable bonds is 4. The molecule has 3 rings (SSSR count). The number of hydrogen-bond acceptors (Lipinski definition) is 4. The van der Waals surface area contributed by atoms with Crippen molar-refractivity contribution in [2.45, 2.75) is 32.6 Å². The summed E-state index contributed by atoms with van der Waals surface area (Å²) in [7, 11) is 0. The standard InChI is InChI=1S/C16H22N4O4/c1-16(2)11(12(16)15(23)24)14(22)20-5-3-4-8(7-20)9-6-10(13(17)21)19-18-9/h6,8,11-12H,3-5,7H2,1-2H3,(H2,17,21)(H,18,19)(H,23,24)/t8?,11-,12+/m1/s1. The summed E-state index contributed by atoms with van der Waals surface area (Å²) in [4.78, 5) is 36.9. The number of nitrogens with two attached hydrogens (primary N) is 1. The van der Waals surface area contributed by atoms with E-state index in [1.807, 2.05) is 13.8 Å². The third-order valence-electron chi connectivity index (χ3n) is 5.38. The Balaban J connectivity index is 1.70. The Morgan fingerprint density at radius 1 is 1.38 bits per heavy atom. The Bertz CT molecular complexity index is 696. The molecule has 1 unspecified atom stereocenters. The number of carboxylic acid groups (broad SMARTS) is 1. The molecule has 0 spiro atoms. The van der Waals surface area contributed by atoms with Crippen LogP contribution in [0.1, 0.15) is 48.8 Å². The first kappa shape index (κ1) is 16.5. The van der Waals surface area contributed by atoms with E-state index >= 15 is 0 Å². The number of hydrogen-bond donors (Lipinski definition) is 3. The minimum atomic E-state index is -0.911. The number of nitrogens with one attached hydrogen (secondary N) is 1. The largest absolute Gasteiger partial charge is 0.481 e. The monoisotopic (exact) mass is 334 g/mol. The number of aromatic amines is 1. The SMILES string of the molecule is CC1(C)[C@H](C(=O)O)[C@@H]1C(=O)N1CCCC(c2cc(C(N)=O)n[nH]2)C1. The van der Waals surface area contributed by atoms with Gasteiger partial charge < -0.3 is 15.7 Å². The van der Waals surface area contributed by atoms with Crippen molar-refractivity contribution in [3.63, 3.8) is 0 Å². The summed E-state index contributed by atoms with van der Waals surface area (Å²) in [6, 6.07) is 1.63. The molecule has 2 amide bonds. The van der Waals surface area contributed by atoms with E-state index in [0.717, 1.165) is 18.5 Å². The van der Waals surface area contributed by atoms with Crippen molar-refractivity contribution in [2.24, 2.45) is 23.0 Å². The number of piperidine rings is 1. The van der Waals surface area contributed by atoms with Gasteiger partial charge >= 0.3 is 5.97 Å². The second-order valence-corrected chi connectivity index (χ2v) is 7.31. The van der Waals surface area contributed by atoms with Gasteiger partial charge in [0.15, 0.2) is 0 Å². The minimum Gasteiger partial charge on any atom is -0.481 e. The van der Waals surface area contributed by atoms with Crippen molar-refractivity contribution in [1.29, 1.82) is 0 Å². The van der Waals surface area contributed by atoms with Gasteiger partial charge in [0, 0.05) is 24.7 Å². The lowest BCUT2D eigenvalue weighted by molar-refractivity contribution is -0.142. The molecule has 1 aliphatic carbocycles. The van der Waals surface area contributed by atoms with Crippen LogP contribution in [0.4, 0.5) is 0 Å². The molecular formula is C16H22N4O4. The number of likely N-dealkylation sites (tertiary alicyclic amines) is 1. The fourth-order valence-electron chi connectivity index (χ4n) is 3.86. The molecule has 3 atom stereocenters. The molecule has 0 bridgehead atoms. The van der Waals surface area contributed by atoms with Crippen LogP contribution in [-0.2, 0) is 9.59 Å². The van der Waals surface area contributed by atoms with Crippen LogP contribution in [0.25, 0.3) is 0 Å². The maximum atomic E-state index is 12.7. The van der Waals surface area contributed by atoms with E-state index in [-0.39, 0.29) is 17.5 Å². The molecule has 1 aromatic heterocycles. The summed E-state index contributed by atoms with van der Waals surface area (Å²) in [6.45, 7) is 4.77. The van der Waals surface area contributed by atoms with E-state index in [4.69, 9.17) is 5.73 Å². The second-order valence-electron chi connectivity index (χ2n) is 7.31. The molecule has 0 aromatic carbocycles. The molecule has 0 radical (unpaired) electrons. The topological polar surface area (TPSA) is 129 Å². The Kier molecular flexibility index (Phi) is 3.85. The summed E-state index contributed by atoms with van der Waals surface area (Å²) in [5.41, 5.74) is 5.68. The zero-order chi connectivity index (χ0) is 17.6. The van der Waals surface area contributed by atoms with Crippen molar-refractivity contribution in [3.8, 4) is 0 Å².